The minimum Gasteiger partial charge on any atom is -0.374 e. The minimum atomic E-state index is -4.15. The van der Waals surface area contributed by atoms with E-state index in [1.165, 1.54) is 13.2 Å². The molecule has 3 amide bonds. The van der Waals surface area contributed by atoms with E-state index in [0.29, 0.717) is 54.6 Å². The van der Waals surface area contributed by atoms with Crippen molar-refractivity contribution in [2.45, 2.75) is 63.5 Å². The normalized spacial score (nSPS) is 17.8. The Morgan fingerprint density at radius 2 is 1.66 bits per heavy atom. The van der Waals surface area contributed by atoms with Gasteiger partial charge in [0.1, 0.15) is 23.3 Å². The first-order valence-electron chi connectivity index (χ1n) is 21.7. The number of H-pyrrole nitrogens is 1. The molecule has 1 unspecified atom stereocenters. The van der Waals surface area contributed by atoms with Crippen LogP contribution in [-0.2, 0) is 24.6 Å². The molecule has 342 valence electrons. The van der Waals surface area contributed by atoms with Crippen LogP contribution >= 0.6 is 0 Å². The lowest BCUT2D eigenvalue weighted by Crippen LogP contribution is -2.48. The summed E-state index contributed by atoms with van der Waals surface area (Å²) >= 11 is 0. The zero-order chi connectivity index (χ0) is 46.0. The van der Waals surface area contributed by atoms with Crippen LogP contribution < -0.4 is 20.3 Å². The van der Waals surface area contributed by atoms with Crippen LogP contribution in [0.25, 0.3) is 22.2 Å². The van der Waals surface area contributed by atoms with Crippen LogP contribution in [0.15, 0.2) is 67.3 Å². The third-order valence-electron chi connectivity index (χ3n) is 12.7. The molecule has 5 aromatic rings. The first-order chi connectivity index (χ1) is 31.2. The van der Waals surface area contributed by atoms with Crippen molar-refractivity contribution < 1.29 is 36.4 Å². The van der Waals surface area contributed by atoms with Crippen molar-refractivity contribution in [2.24, 2.45) is 0 Å². The van der Waals surface area contributed by atoms with E-state index in [-0.39, 0.29) is 41.8 Å². The lowest BCUT2D eigenvalue weighted by molar-refractivity contribution is -0.134. The van der Waals surface area contributed by atoms with Crippen molar-refractivity contribution in [3.8, 4) is 11.1 Å². The number of imide groups is 1. The number of rotatable bonds is 14. The molecule has 1 aromatic carbocycles. The zero-order valence-electron chi connectivity index (χ0n) is 36.3. The molecule has 3 fully saturated rings. The molecule has 65 heavy (non-hydrogen) atoms. The summed E-state index contributed by atoms with van der Waals surface area (Å²) in [6, 6.07) is 10.8. The Morgan fingerprint density at radius 3 is 2.37 bits per heavy atom. The summed E-state index contributed by atoms with van der Waals surface area (Å²) in [7, 11) is -0.850. The molecule has 4 aromatic heterocycles. The Kier molecular flexibility index (Phi) is 13.2. The van der Waals surface area contributed by atoms with Crippen molar-refractivity contribution >= 4 is 61.9 Å². The number of likely N-dealkylation sites (tertiary alicyclic amines) is 1. The Bertz CT molecular complexity index is 2720. The van der Waals surface area contributed by atoms with Gasteiger partial charge >= 0.3 is 10.2 Å². The molecule has 3 saturated heterocycles. The molecule has 0 bridgehead atoms. The predicted octanol–water partition coefficient (Wildman–Crippen LogP) is 4.66. The van der Waals surface area contributed by atoms with E-state index in [0.717, 1.165) is 72.4 Å². The van der Waals surface area contributed by atoms with Gasteiger partial charge in [0.15, 0.2) is 5.82 Å². The molecule has 0 radical (unpaired) electrons. The highest BCUT2D eigenvalue weighted by molar-refractivity contribution is 7.90. The number of piperidine rings is 3. The lowest BCUT2D eigenvalue weighted by atomic mass is 9.92. The summed E-state index contributed by atoms with van der Waals surface area (Å²) < 4.78 is 58.8. The second-order valence-corrected chi connectivity index (χ2v) is 18.5. The summed E-state index contributed by atoms with van der Waals surface area (Å²) in [5.74, 6) is -2.95. The number of benzene rings is 1. The summed E-state index contributed by atoms with van der Waals surface area (Å²) in [4.78, 5) is 73.8. The first kappa shape index (κ1) is 45.2. The van der Waals surface area contributed by atoms with Crippen LogP contribution in [0, 0.1) is 11.6 Å². The number of amides is 3. The molecule has 20 heteroatoms. The number of ketones is 1. The second-order valence-electron chi connectivity index (χ2n) is 16.8. The number of fused-ring (bicyclic) bond motifs is 1. The van der Waals surface area contributed by atoms with Crippen LogP contribution in [0.2, 0.25) is 0 Å². The average molecular weight is 912 g/mol. The van der Waals surface area contributed by atoms with Gasteiger partial charge in [-0.25, -0.2) is 18.7 Å². The van der Waals surface area contributed by atoms with Gasteiger partial charge in [0.25, 0.3) is 0 Å². The Hall–Kier alpha value is -6.38. The SMILES string of the molecule is CCN(C)S(=O)(=O)Nc1ccc(F)c(C(=O)c2c[nH]c3ncc(-c4ccc(N5CCC(N(C)CC(=O)N6CCC(c7cc(NC8CCC(=O)NC8=O)ccn7)CC6)CC5)nc4)cc23)c1F. The van der Waals surface area contributed by atoms with Crippen LogP contribution in [0.1, 0.15) is 73.0 Å². The molecule has 8 rings (SSSR count). The second kappa shape index (κ2) is 19.0. The smallest absolute Gasteiger partial charge is 0.301 e. The summed E-state index contributed by atoms with van der Waals surface area (Å²) in [5.41, 5.74) is 1.85. The van der Waals surface area contributed by atoms with Crippen LogP contribution in [-0.4, -0.2) is 131 Å². The van der Waals surface area contributed by atoms with Gasteiger partial charge in [0.2, 0.25) is 23.5 Å². The fourth-order valence-corrected chi connectivity index (χ4v) is 9.58. The van der Waals surface area contributed by atoms with Crippen molar-refractivity contribution in [1.82, 2.24) is 39.4 Å². The minimum absolute atomic E-state index is 0.0415. The van der Waals surface area contributed by atoms with Crippen molar-refractivity contribution in [3.63, 3.8) is 0 Å². The van der Waals surface area contributed by atoms with Crippen LogP contribution in [0.4, 0.5) is 26.0 Å². The number of hydrogen-bond donors (Lipinski definition) is 4. The van der Waals surface area contributed by atoms with Gasteiger partial charge in [-0.05, 0) is 81.6 Å². The van der Waals surface area contributed by atoms with E-state index in [4.69, 9.17) is 4.98 Å². The summed E-state index contributed by atoms with van der Waals surface area (Å²) in [6.45, 7) is 4.80. The Labute approximate surface area is 375 Å². The number of anilines is 3. The standard InChI is InChI=1S/C45H51F2N11O6S/c1-4-56(3)65(63,64)54-35-7-6-34(46)41(42(35)47)43(61)33-25-51-44-32(33)21-29(24-50-44)28-5-9-38(49-23-28)57-19-14-31(15-20-57)55(2)26-40(60)58-17-12-27(13-18-58)37-22-30(11-16-48-37)52-36-8-10-39(59)53-45(36)62/h5-7,9,11,16,21-25,27,31,36,54H,4,8,10,12-15,17-20,26H2,1-3H3,(H,48,52)(H,50,51)(H,53,59,62). The molecule has 17 nitrogen and oxygen atoms in total. The Balaban J connectivity index is 0.835. The number of aromatic amines is 1. The summed E-state index contributed by atoms with van der Waals surface area (Å²) in [5, 5.41) is 5.93. The van der Waals surface area contributed by atoms with Gasteiger partial charge < -0.3 is 20.1 Å². The van der Waals surface area contributed by atoms with E-state index in [9.17, 15) is 27.6 Å². The highest BCUT2D eigenvalue weighted by Gasteiger charge is 2.31. The average Bonchev–Trinajstić information content (AvgIpc) is 3.74. The zero-order valence-corrected chi connectivity index (χ0v) is 37.1. The maximum absolute atomic E-state index is 15.6. The quantitative estimate of drug-likeness (QED) is 0.0888. The first-order valence-corrected chi connectivity index (χ1v) is 23.1. The maximum atomic E-state index is 15.6. The number of nitrogens with zero attached hydrogens (tertiary/aromatic N) is 7. The Morgan fingerprint density at radius 1 is 0.908 bits per heavy atom. The number of carbonyl (C=O) groups is 4. The molecule has 0 saturated carbocycles. The topological polar surface area (TPSA) is 206 Å². The maximum Gasteiger partial charge on any atom is 0.301 e. The van der Waals surface area contributed by atoms with Gasteiger partial charge in [-0.15, -0.1) is 0 Å². The van der Waals surface area contributed by atoms with E-state index in [1.807, 2.05) is 36.2 Å². The number of carbonyl (C=O) groups excluding carboxylic acids is 4. The number of aromatic nitrogens is 4. The third-order valence-corrected chi connectivity index (χ3v) is 14.2. The van der Waals surface area contributed by atoms with Gasteiger partial charge in [-0.1, -0.05) is 6.92 Å². The van der Waals surface area contributed by atoms with Gasteiger partial charge in [0.05, 0.1) is 17.8 Å². The largest absolute Gasteiger partial charge is 0.374 e. The molecule has 4 N–H and O–H groups in total. The van der Waals surface area contributed by atoms with E-state index in [1.54, 1.807) is 31.6 Å². The van der Waals surface area contributed by atoms with Crippen LogP contribution in [0.3, 0.4) is 0 Å². The van der Waals surface area contributed by atoms with E-state index in [2.05, 4.69) is 40.1 Å². The van der Waals surface area contributed by atoms with Crippen molar-refractivity contribution in [2.75, 3.05) is 68.3 Å². The monoisotopic (exact) mass is 911 g/mol. The molecular weight excluding hydrogens is 861 g/mol. The fraction of sp³-hybridized carbons (Fsp3) is 0.400. The molecule has 0 aliphatic carbocycles. The molecular formula is C45H51F2N11O6S. The highest BCUT2D eigenvalue weighted by atomic mass is 32.2. The number of hydrogen-bond acceptors (Lipinski definition) is 12. The number of pyridine rings is 3. The van der Waals surface area contributed by atoms with E-state index < -0.39 is 44.9 Å². The van der Waals surface area contributed by atoms with Crippen LogP contribution in [0.5, 0.6) is 0 Å². The predicted molar refractivity (Wildman–Crippen MR) is 240 cm³/mol. The van der Waals surface area contributed by atoms with Gasteiger partial charge in [0, 0.05) is 116 Å². The molecule has 3 aliphatic heterocycles. The third kappa shape index (κ3) is 9.84. The highest BCUT2D eigenvalue weighted by Crippen LogP contribution is 2.32. The van der Waals surface area contributed by atoms with E-state index >= 15 is 8.78 Å². The van der Waals surface area contributed by atoms with Gasteiger partial charge in [-0.3, -0.25) is 39.1 Å². The number of halogens is 2. The molecule has 7 heterocycles. The van der Waals surface area contributed by atoms with Crippen molar-refractivity contribution in [1.29, 1.82) is 0 Å². The molecule has 0 spiro atoms. The number of nitrogens with one attached hydrogen (secondary N) is 4. The summed E-state index contributed by atoms with van der Waals surface area (Å²) in [6.07, 6.45) is 10.4. The van der Waals surface area contributed by atoms with Gasteiger partial charge in [-0.2, -0.15) is 12.7 Å². The lowest BCUT2D eigenvalue weighted by Gasteiger charge is -2.38. The molecule has 1 atom stereocenters. The van der Waals surface area contributed by atoms with Crippen molar-refractivity contribution in [3.05, 3.63) is 95.7 Å². The number of likely N-dealkylation sites (N-methyl/N-ethyl adjacent to an activating group) is 1. The fourth-order valence-electron chi connectivity index (χ4n) is 8.65. The molecule has 3 aliphatic rings.